The van der Waals surface area contributed by atoms with Gasteiger partial charge in [-0.3, -0.25) is 4.79 Å². The second-order valence-electron chi connectivity index (χ2n) is 5.08. The van der Waals surface area contributed by atoms with Gasteiger partial charge in [0.2, 0.25) is 0 Å². The molecule has 0 radical (unpaired) electrons. The van der Waals surface area contributed by atoms with Gasteiger partial charge >= 0.3 is 0 Å². The maximum absolute atomic E-state index is 12.2. The third kappa shape index (κ3) is 3.17. The van der Waals surface area contributed by atoms with Crippen LogP contribution in [-0.4, -0.2) is 33.8 Å². The Kier molecular flexibility index (Phi) is 3.79. The predicted octanol–water partition coefficient (Wildman–Crippen LogP) is 1.18. The van der Waals surface area contributed by atoms with E-state index in [9.17, 15) is 4.79 Å². The van der Waals surface area contributed by atoms with Crippen molar-refractivity contribution in [2.24, 2.45) is 0 Å². The summed E-state index contributed by atoms with van der Waals surface area (Å²) in [6.07, 6.45) is 3.18. The minimum Gasteiger partial charge on any atom is -0.322 e. The van der Waals surface area contributed by atoms with Crippen LogP contribution in [0.25, 0.3) is 0 Å². The molecule has 6 heteroatoms. The number of rotatable bonds is 4. The summed E-state index contributed by atoms with van der Waals surface area (Å²) in [6, 6.07) is 7.77. The maximum atomic E-state index is 12.2. The normalized spacial score (nSPS) is 13.7. The molecule has 21 heavy (non-hydrogen) atoms. The molecular weight excluding hydrogens is 266 g/mol. The first-order valence-corrected chi connectivity index (χ1v) is 6.84. The highest BCUT2D eigenvalue weighted by atomic mass is 16.1. The Morgan fingerprint density at radius 3 is 2.95 bits per heavy atom. The molecule has 0 atom stereocenters. The van der Waals surface area contributed by atoms with Crippen LogP contribution in [-0.2, 0) is 11.3 Å². The fraction of sp³-hybridized carbons (Fsp3) is 0.267. The average Bonchev–Trinajstić information content (AvgIpc) is 2.90. The lowest BCUT2D eigenvalue weighted by Crippen LogP contribution is -2.36. The topological polar surface area (TPSA) is 71.8 Å². The molecule has 2 N–H and O–H groups in total. The van der Waals surface area contributed by atoms with Crippen molar-refractivity contribution in [3.63, 3.8) is 0 Å². The fourth-order valence-electron chi connectivity index (χ4n) is 2.15. The number of nitrogens with one attached hydrogen (secondary N) is 2. The van der Waals surface area contributed by atoms with Crippen molar-refractivity contribution in [3.8, 4) is 0 Å². The Hall–Kier alpha value is -2.47. The summed E-state index contributed by atoms with van der Waals surface area (Å²) in [5.41, 5.74) is 3.83. The van der Waals surface area contributed by atoms with Crippen LogP contribution in [0.15, 0.2) is 48.1 Å². The van der Waals surface area contributed by atoms with E-state index in [0.717, 1.165) is 29.9 Å². The monoisotopic (exact) mass is 283 g/mol. The zero-order chi connectivity index (χ0) is 14.7. The summed E-state index contributed by atoms with van der Waals surface area (Å²) in [4.78, 5) is 16.1. The molecule has 1 aliphatic heterocycles. The van der Waals surface area contributed by atoms with E-state index >= 15 is 0 Å². The summed E-state index contributed by atoms with van der Waals surface area (Å²) in [5, 5.41) is 10.2. The third-order valence-corrected chi connectivity index (χ3v) is 3.54. The van der Waals surface area contributed by atoms with Crippen LogP contribution in [0.1, 0.15) is 12.5 Å². The zero-order valence-corrected chi connectivity index (χ0v) is 11.8. The first-order chi connectivity index (χ1) is 10.2. The SMILES string of the molecule is CC(C(=O)Nc1cccc(Cn2cncn2)c1)=C1CNC1. The number of carbonyl (C=O) groups excluding carboxylic acids is 1. The first kappa shape index (κ1) is 13.5. The van der Waals surface area contributed by atoms with Crippen molar-refractivity contribution < 1.29 is 4.79 Å². The second kappa shape index (κ2) is 5.88. The summed E-state index contributed by atoms with van der Waals surface area (Å²) in [6.45, 7) is 4.12. The molecule has 1 aliphatic rings. The van der Waals surface area contributed by atoms with Crippen molar-refractivity contribution in [1.29, 1.82) is 0 Å². The van der Waals surface area contributed by atoms with E-state index in [2.05, 4.69) is 20.7 Å². The van der Waals surface area contributed by atoms with Gasteiger partial charge in [-0.05, 0) is 30.2 Å². The molecule has 1 aromatic heterocycles. The van der Waals surface area contributed by atoms with E-state index in [4.69, 9.17) is 0 Å². The minimum absolute atomic E-state index is 0.0376. The molecule has 0 aliphatic carbocycles. The average molecular weight is 283 g/mol. The molecule has 0 bridgehead atoms. The van der Waals surface area contributed by atoms with Gasteiger partial charge in [-0.1, -0.05) is 12.1 Å². The number of anilines is 1. The highest BCUT2D eigenvalue weighted by Crippen LogP contribution is 2.15. The van der Waals surface area contributed by atoms with Crippen LogP contribution in [0.5, 0.6) is 0 Å². The molecule has 1 amide bonds. The molecule has 6 nitrogen and oxygen atoms in total. The highest BCUT2D eigenvalue weighted by molar-refractivity contribution is 6.04. The van der Waals surface area contributed by atoms with Crippen molar-refractivity contribution in [2.75, 3.05) is 18.4 Å². The van der Waals surface area contributed by atoms with Gasteiger partial charge in [-0.2, -0.15) is 5.10 Å². The minimum atomic E-state index is -0.0376. The van der Waals surface area contributed by atoms with Gasteiger partial charge in [0.05, 0.1) is 6.54 Å². The molecule has 1 saturated heterocycles. The molecule has 3 rings (SSSR count). The highest BCUT2D eigenvalue weighted by Gasteiger charge is 2.16. The van der Waals surface area contributed by atoms with Crippen molar-refractivity contribution in [1.82, 2.24) is 20.1 Å². The van der Waals surface area contributed by atoms with Crippen LogP contribution in [0, 0.1) is 0 Å². The summed E-state index contributed by atoms with van der Waals surface area (Å²) >= 11 is 0. The number of nitrogens with zero attached hydrogens (tertiary/aromatic N) is 3. The summed E-state index contributed by atoms with van der Waals surface area (Å²) < 4.78 is 1.74. The van der Waals surface area contributed by atoms with Gasteiger partial charge in [-0.15, -0.1) is 0 Å². The van der Waals surface area contributed by atoms with Gasteiger partial charge in [-0.25, -0.2) is 9.67 Å². The Labute approximate surface area is 122 Å². The smallest absolute Gasteiger partial charge is 0.251 e. The fourth-order valence-corrected chi connectivity index (χ4v) is 2.15. The molecule has 0 unspecified atom stereocenters. The van der Waals surface area contributed by atoms with Gasteiger partial charge in [0.25, 0.3) is 5.91 Å². The molecule has 0 spiro atoms. The van der Waals surface area contributed by atoms with E-state index in [-0.39, 0.29) is 5.91 Å². The number of amides is 1. The Morgan fingerprint density at radius 1 is 1.43 bits per heavy atom. The van der Waals surface area contributed by atoms with Crippen LogP contribution in [0.4, 0.5) is 5.69 Å². The molecular formula is C15H17N5O. The number of hydrogen-bond donors (Lipinski definition) is 2. The van der Waals surface area contributed by atoms with Crippen molar-refractivity contribution in [3.05, 3.63) is 53.6 Å². The Morgan fingerprint density at radius 2 is 2.29 bits per heavy atom. The number of benzene rings is 1. The van der Waals surface area contributed by atoms with Gasteiger partial charge in [0.1, 0.15) is 12.7 Å². The van der Waals surface area contributed by atoms with Crippen LogP contribution in [0.2, 0.25) is 0 Å². The molecule has 108 valence electrons. The first-order valence-electron chi connectivity index (χ1n) is 6.84. The van der Waals surface area contributed by atoms with Crippen LogP contribution in [0.3, 0.4) is 0 Å². The van der Waals surface area contributed by atoms with Gasteiger partial charge in [0, 0.05) is 24.4 Å². The lowest BCUT2D eigenvalue weighted by atomic mass is 10.0. The largest absolute Gasteiger partial charge is 0.322 e. The van der Waals surface area contributed by atoms with E-state index in [1.165, 1.54) is 11.9 Å². The molecule has 2 aromatic rings. The van der Waals surface area contributed by atoms with Crippen LogP contribution < -0.4 is 10.6 Å². The lowest BCUT2D eigenvalue weighted by Gasteiger charge is -2.21. The van der Waals surface area contributed by atoms with Crippen LogP contribution >= 0.6 is 0 Å². The number of aromatic nitrogens is 3. The molecule has 2 heterocycles. The van der Waals surface area contributed by atoms with Gasteiger partial charge in [0.15, 0.2) is 0 Å². The number of carbonyl (C=O) groups is 1. The van der Waals surface area contributed by atoms with E-state index < -0.39 is 0 Å². The predicted molar refractivity (Wildman–Crippen MR) is 79.8 cm³/mol. The summed E-state index contributed by atoms with van der Waals surface area (Å²) in [7, 11) is 0. The molecule has 1 aromatic carbocycles. The lowest BCUT2D eigenvalue weighted by molar-refractivity contribution is -0.112. The third-order valence-electron chi connectivity index (χ3n) is 3.54. The number of hydrogen-bond acceptors (Lipinski definition) is 4. The van der Waals surface area contributed by atoms with Crippen molar-refractivity contribution >= 4 is 11.6 Å². The Balaban J connectivity index is 1.70. The Bertz CT molecular complexity index is 669. The second-order valence-corrected chi connectivity index (χ2v) is 5.08. The van der Waals surface area contributed by atoms with Gasteiger partial charge < -0.3 is 10.6 Å². The van der Waals surface area contributed by atoms with Crippen molar-refractivity contribution in [2.45, 2.75) is 13.5 Å². The standard InChI is InChI=1S/C15H17N5O/c1-11(13-6-16-7-13)15(21)19-14-4-2-3-12(5-14)8-20-10-17-9-18-20/h2-5,9-10,16H,6-8H2,1H3,(H,19,21). The van der Waals surface area contributed by atoms with E-state index in [0.29, 0.717) is 6.54 Å². The van der Waals surface area contributed by atoms with E-state index in [1.807, 2.05) is 31.2 Å². The molecule has 1 fully saturated rings. The zero-order valence-electron chi connectivity index (χ0n) is 11.8. The van der Waals surface area contributed by atoms with E-state index in [1.54, 1.807) is 11.0 Å². The maximum Gasteiger partial charge on any atom is 0.251 e. The summed E-state index contributed by atoms with van der Waals surface area (Å²) in [5.74, 6) is -0.0376. The quantitative estimate of drug-likeness (QED) is 0.827. The molecule has 0 saturated carbocycles.